The van der Waals surface area contributed by atoms with Gasteiger partial charge in [-0.05, 0) is 34.5 Å². The molecule has 4 heteroatoms. The molecule has 0 radical (unpaired) electrons. The molecule has 0 aliphatic rings. The molecule has 1 aromatic carbocycles. The number of rotatable bonds is 4. The molecule has 1 N–H and O–H groups in total. The number of carbonyl (C=O) groups excluding carboxylic acids is 1. The number of terminal acetylenes is 1. The Balaban J connectivity index is 2.60. The van der Waals surface area contributed by atoms with E-state index in [4.69, 9.17) is 6.42 Å². The molecule has 0 bridgehead atoms. The average molecular weight is 284 g/mol. The number of hydrogen-bond acceptors (Lipinski definition) is 1. The van der Waals surface area contributed by atoms with E-state index < -0.39 is 11.7 Å². The second-order valence-corrected chi connectivity index (χ2v) is 4.02. The molecule has 0 heterocycles. The smallest absolute Gasteiger partial charge is 0.254 e. The lowest BCUT2D eigenvalue weighted by molar-refractivity contribution is 0.0949. The van der Waals surface area contributed by atoms with Gasteiger partial charge in [-0.1, -0.05) is 6.07 Å². The first-order valence-electron chi connectivity index (χ1n) is 4.82. The van der Waals surface area contributed by atoms with Crippen LogP contribution in [0.4, 0.5) is 4.39 Å². The number of carbonyl (C=O) groups is 1. The van der Waals surface area contributed by atoms with Crippen molar-refractivity contribution in [3.8, 4) is 12.3 Å². The first-order valence-corrected chi connectivity index (χ1v) is 5.61. The number of benzene rings is 1. The monoisotopic (exact) mass is 283 g/mol. The van der Waals surface area contributed by atoms with E-state index >= 15 is 0 Å². The van der Waals surface area contributed by atoms with Gasteiger partial charge in [0.05, 0.1) is 10.0 Å². The van der Waals surface area contributed by atoms with Crippen LogP contribution in [0.5, 0.6) is 0 Å². The molecule has 0 aliphatic carbocycles. The van der Waals surface area contributed by atoms with E-state index in [9.17, 15) is 9.18 Å². The van der Waals surface area contributed by atoms with Gasteiger partial charge in [0.2, 0.25) is 0 Å². The molecule has 1 rings (SSSR count). The van der Waals surface area contributed by atoms with Gasteiger partial charge in [-0.25, -0.2) is 4.39 Å². The van der Waals surface area contributed by atoms with Crippen LogP contribution in [-0.4, -0.2) is 12.5 Å². The number of hydrogen-bond donors (Lipinski definition) is 1. The molecule has 1 amide bonds. The lowest BCUT2D eigenvalue weighted by atomic mass is 10.2. The van der Waals surface area contributed by atoms with Crippen LogP contribution < -0.4 is 5.32 Å². The highest BCUT2D eigenvalue weighted by Crippen LogP contribution is 2.18. The van der Waals surface area contributed by atoms with E-state index in [1.807, 2.05) is 0 Å². The normalized spacial score (nSPS) is 9.56. The molecule has 0 saturated heterocycles. The van der Waals surface area contributed by atoms with E-state index in [-0.39, 0.29) is 10.0 Å². The molecule has 0 spiro atoms. The van der Waals surface area contributed by atoms with Crippen molar-refractivity contribution >= 4 is 21.8 Å². The van der Waals surface area contributed by atoms with Gasteiger partial charge in [-0.15, -0.1) is 12.3 Å². The third kappa shape index (κ3) is 3.35. The van der Waals surface area contributed by atoms with Crippen LogP contribution in [0.3, 0.4) is 0 Å². The molecule has 84 valence electrons. The maximum atomic E-state index is 13.5. The van der Waals surface area contributed by atoms with Gasteiger partial charge in [0, 0.05) is 13.0 Å². The predicted octanol–water partition coefficient (Wildman–Crippen LogP) is 2.73. The Morgan fingerprint density at radius 1 is 1.56 bits per heavy atom. The molecule has 16 heavy (non-hydrogen) atoms. The van der Waals surface area contributed by atoms with Crippen molar-refractivity contribution in [3.05, 3.63) is 34.1 Å². The summed E-state index contributed by atoms with van der Waals surface area (Å²) in [6.45, 7) is 0.453. The van der Waals surface area contributed by atoms with Crippen molar-refractivity contribution in [1.29, 1.82) is 0 Å². The van der Waals surface area contributed by atoms with Crippen LogP contribution in [0, 0.1) is 18.2 Å². The highest BCUT2D eigenvalue weighted by molar-refractivity contribution is 9.10. The van der Waals surface area contributed by atoms with Gasteiger partial charge in [0.1, 0.15) is 5.82 Å². The summed E-state index contributed by atoms with van der Waals surface area (Å²) in [6.07, 6.45) is 6.36. The minimum absolute atomic E-state index is 0.0371. The zero-order valence-corrected chi connectivity index (χ0v) is 10.2. The summed E-state index contributed by atoms with van der Waals surface area (Å²) in [5.74, 6) is 1.50. The van der Waals surface area contributed by atoms with E-state index in [0.29, 0.717) is 19.4 Å². The zero-order valence-electron chi connectivity index (χ0n) is 8.59. The first-order chi connectivity index (χ1) is 7.66. The summed E-state index contributed by atoms with van der Waals surface area (Å²) in [5, 5.41) is 2.61. The van der Waals surface area contributed by atoms with Gasteiger partial charge in [-0.2, -0.15) is 0 Å². The summed E-state index contributed by atoms with van der Waals surface area (Å²) < 4.78 is 13.8. The summed E-state index contributed by atoms with van der Waals surface area (Å²) in [6, 6.07) is 4.60. The predicted molar refractivity (Wildman–Crippen MR) is 64.5 cm³/mol. The van der Waals surface area contributed by atoms with Gasteiger partial charge in [0.25, 0.3) is 5.91 Å². The van der Waals surface area contributed by atoms with Crippen molar-refractivity contribution in [1.82, 2.24) is 5.32 Å². The number of unbranched alkanes of at least 4 members (excludes halogenated alkanes) is 1. The van der Waals surface area contributed by atoms with Crippen LogP contribution in [0.15, 0.2) is 22.7 Å². The largest absolute Gasteiger partial charge is 0.352 e. The molecule has 0 atom stereocenters. The molecular weight excluding hydrogens is 273 g/mol. The van der Waals surface area contributed by atoms with Crippen LogP contribution in [0.1, 0.15) is 23.2 Å². The summed E-state index contributed by atoms with van der Waals surface area (Å²) in [7, 11) is 0. The third-order valence-corrected chi connectivity index (χ3v) is 2.59. The van der Waals surface area contributed by atoms with Crippen molar-refractivity contribution in [2.24, 2.45) is 0 Å². The average Bonchev–Trinajstić information content (AvgIpc) is 2.28. The summed E-state index contributed by atoms with van der Waals surface area (Å²) in [5.41, 5.74) is 0.0371. The first kappa shape index (κ1) is 12.7. The highest BCUT2D eigenvalue weighted by Gasteiger charge is 2.12. The van der Waals surface area contributed by atoms with Crippen LogP contribution in [-0.2, 0) is 0 Å². The quantitative estimate of drug-likeness (QED) is 0.668. The van der Waals surface area contributed by atoms with Gasteiger partial charge >= 0.3 is 0 Å². The third-order valence-electron chi connectivity index (χ3n) is 1.98. The molecule has 0 saturated carbocycles. The lowest BCUT2D eigenvalue weighted by Gasteiger charge is -2.05. The molecule has 2 nitrogen and oxygen atoms in total. The van der Waals surface area contributed by atoms with Gasteiger partial charge in [-0.3, -0.25) is 4.79 Å². The standard InChI is InChI=1S/C12H11BrFNO/c1-2-3-4-8-15-12(16)9-6-5-7-10(13)11(9)14/h1,5-7H,3-4,8H2,(H,15,16). The van der Waals surface area contributed by atoms with E-state index in [1.54, 1.807) is 12.1 Å². The highest BCUT2D eigenvalue weighted by atomic mass is 79.9. The second kappa shape index (κ2) is 6.29. The van der Waals surface area contributed by atoms with Crippen LogP contribution in [0.25, 0.3) is 0 Å². The number of halogens is 2. The van der Waals surface area contributed by atoms with Crippen molar-refractivity contribution in [3.63, 3.8) is 0 Å². The fourth-order valence-electron chi connectivity index (χ4n) is 1.17. The van der Waals surface area contributed by atoms with E-state index in [1.165, 1.54) is 6.07 Å². The topological polar surface area (TPSA) is 29.1 Å². The Morgan fingerprint density at radius 3 is 3.00 bits per heavy atom. The van der Waals surface area contributed by atoms with Gasteiger partial charge in [0.15, 0.2) is 0 Å². The fourth-order valence-corrected chi connectivity index (χ4v) is 1.53. The maximum Gasteiger partial charge on any atom is 0.254 e. The summed E-state index contributed by atoms with van der Waals surface area (Å²) >= 11 is 3.03. The molecule has 0 aliphatic heterocycles. The minimum Gasteiger partial charge on any atom is -0.352 e. The van der Waals surface area contributed by atoms with Crippen LogP contribution in [0.2, 0.25) is 0 Å². The Morgan fingerprint density at radius 2 is 2.31 bits per heavy atom. The molecule has 0 aromatic heterocycles. The fraction of sp³-hybridized carbons (Fsp3) is 0.250. The molecule has 1 aromatic rings. The second-order valence-electron chi connectivity index (χ2n) is 3.16. The Bertz CT molecular complexity index is 426. The lowest BCUT2D eigenvalue weighted by Crippen LogP contribution is -2.25. The minimum atomic E-state index is -0.544. The maximum absolute atomic E-state index is 13.5. The summed E-state index contributed by atoms with van der Waals surface area (Å²) in [4.78, 5) is 11.6. The van der Waals surface area contributed by atoms with Crippen molar-refractivity contribution in [2.75, 3.05) is 6.54 Å². The zero-order chi connectivity index (χ0) is 12.0. The van der Waals surface area contributed by atoms with Crippen LogP contribution >= 0.6 is 15.9 Å². The Kier molecular flexibility index (Phi) is 5.00. The molecular formula is C12H11BrFNO. The van der Waals surface area contributed by atoms with E-state index in [2.05, 4.69) is 27.2 Å². The van der Waals surface area contributed by atoms with Crippen molar-refractivity contribution < 1.29 is 9.18 Å². The molecule has 0 unspecified atom stereocenters. The van der Waals surface area contributed by atoms with Gasteiger partial charge < -0.3 is 5.32 Å². The number of amides is 1. The molecule has 0 fully saturated rings. The number of nitrogens with one attached hydrogen (secondary N) is 1. The Hall–Kier alpha value is -1.34. The SMILES string of the molecule is C#CCCCNC(=O)c1cccc(Br)c1F. The van der Waals surface area contributed by atoms with Crippen molar-refractivity contribution in [2.45, 2.75) is 12.8 Å². The van der Waals surface area contributed by atoms with E-state index in [0.717, 1.165) is 0 Å². The Labute approximate surface area is 102 Å².